The predicted molar refractivity (Wildman–Crippen MR) is 115 cm³/mol. The SMILES string of the molecule is Cc1cc(C)c(NC(=S)N2CCN(CCc3ccccc3)CC2)cc1C. The van der Waals surface area contributed by atoms with Gasteiger partial charge in [-0.15, -0.1) is 0 Å². The molecular formula is C22H29N3S. The number of rotatable bonds is 4. The summed E-state index contributed by atoms with van der Waals surface area (Å²) in [7, 11) is 0. The maximum Gasteiger partial charge on any atom is 0.173 e. The van der Waals surface area contributed by atoms with Crippen LogP contribution in [0.3, 0.4) is 0 Å². The maximum atomic E-state index is 5.67. The van der Waals surface area contributed by atoms with Crippen LogP contribution >= 0.6 is 12.2 Å². The van der Waals surface area contributed by atoms with Gasteiger partial charge in [-0.25, -0.2) is 0 Å². The van der Waals surface area contributed by atoms with Crippen molar-refractivity contribution in [3.63, 3.8) is 0 Å². The van der Waals surface area contributed by atoms with Crippen molar-refractivity contribution in [2.45, 2.75) is 27.2 Å². The van der Waals surface area contributed by atoms with Crippen LogP contribution in [0.1, 0.15) is 22.3 Å². The zero-order valence-corrected chi connectivity index (χ0v) is 16.9. The Kier molecular flexibility index (Phi) is 6.28. The fraction of sp³-hybridized carbons (Fsp3) is 0.409. The van der Waals surface area contributed by atoms with E-state index in [0.717, 1.165) is 49.9 Å². The summed E-state index contributed by atoms with van der Waals surface area (Å²) in [6.45, 7) is 11.7. The minimum absolute atomic E-state index is 0.846. The van der Waals surface area contributed by atoms with Gasteiger partial charge in [0.15, 0.2) is 5.11 Å². The van der Waals surface area contributed by atoms with E-state index in [4.69, 9.17) is 12.2 Å². The van der Waals surface area contributed by atoms with Gasteiger partial charge < -0.3 is 10.2 Å². The molecule has 0 atom stereocenters. The van der Waals surface area contributed by atoms with Crippen LogP contribution in [-0.4, -0.2) is 47.6 Å². The average molecular weight is 368 g/mol. The first-order valence-corrected chi connectivity index (χ1v) is 9.84. The van der Waals surface area contributed by atoms with Crippen molar-refractivity contribution in [3.8, 4) is 0 Å². The summed E-state index contributed by atoms with van der Waals surface area (Å²) in [4.78, 5) is 4.83. The zero-order chi connectivity index (χ0) is 18.5. The summed E-state index contributed by atoms with van der Waals surface area (Å²) >= 11 is 5.67. The number of nitrogens with one attached hydrogen (secondary N) is 1. The summed E-state index contributed by atoms with van der Waals surface area (Å²) in [5.41, 5.74) is 6.41. The highest BCUT2D eigenvalue weighted by atomic mass is 32.1. The molecule has 0 radical (unpaired) electrons. The fourth-order valence-electron chi connectivity index (χ4n) is 3.40. The molecule has 2 aromatic rings. The molecule has 0 aromatic heterocycles. The van der Waals surface area contributed by atoms with Crippen LogP contribution in [0.4, 0.5) is 5.69 Å². The number of hydrogen-bond acceptors (Lipinski definition) is 2. The molecule has 0 unspecified atom stereocenters. The summed E-state index contributed by atoms with van der Waals surface area (Å²) in [5, 5.41) is 4.31. The number of thiocarbonyl (C=S) groups is 1. The molecule has 1 saturated heterocycles. The second kappa shape index (κ2) is 8.65. The van der Waals surface area contributed by atoms with Gasteiger partial charge in [-0.3, -0.25) is 4.90 Å². The molecule has 0 spiro atoms. The number of anilines is 1. The molecule has 1 aliphatic rings. The summed E-state index contributed by atoms with van der Waals surface area (Å²) in [6.07, 6.45) is 1.12. The summed E-state index contributed by atoms with van der Waals surface area (Å²) in [6, 6.07) is 15.2. The van der Waals surface area contributed by atoms with Gasteiger partial charge >= 0.3 is 0 Å². The number of hydrogen-bond donors (Lipinski definition) is 1. The number of piperazine rings is 1. The third kappa shape index (κ3) is 4.83. The molecule has 0 aliphatic carbocycles. The largest absolute Gasteiger partial charge is 0.346 e. The van der Waals surface area contributed by atoms with E-state index in [1.807, 2.05) is 0 Å². The molecule has 1 aliphatic heterocycles. The lowest BCUT2D eigenvalue weighted by molar-refractivity contribution is 0.185. The van der Waals surface area contributed by atoms with Crippen molar-refractivity contribution in [3.05, 3.63) is 64.7 Å². The van der Waals surface area contributed by atoms with E-state index in [9.17, 15) is 0 Å². The van der Waals surface area contributed by atoms with Gasteiger partial charge in [-0.1, -0.05) is 36.4 Å². The van der Waals surface area contributed by atoms with E-state index in [1.54, 1.807) is 0 Å². The summed E-state index contributed by atoms with van der Waals surface area (Å²) < 4.78 is 0. The molecule has 0 bridgehead atoms. The Morgan fingerprint density at radius 3 is 2.27 bits per heavy atom. The topological polar surface area (TPSA) is 18.5 Å². The monoisotopic (exact) mass is 367 g/mol. The second-order valence-corrected chi connectivity index (χ2v) is 7.63. The quantitative estimate of drug-likeness (QED) is 0.817. The van der Waals surface area contributed by atoms with E-state index >= 15 is 0 Å². The molecule has 26 heavy (non-hydrogen) atoms. The Morgan fingerprint density at radius 1 is 0.923 bits per heavy atom. The van der Waals surface area contributed by atoms with Gasteiger partial charge in [0.1, 0.15) is 0 Å². The smallest absolute Gasteiger partial charge is 0.173 e. The first kappa shape index (κ1) is 18.9. The van der Waals surface area contributed by atoms with Crippen molar-refractivity contribution >= 4 is 23.0 Å². The van der Waals surface area contributed by atoms with E-state index in [1.165, 1.54) is 22.3 Å². The van der Waals surface area contributed by atoms with Crippen LogP contribution in [0, 0.1) is 20.8 Å². The third-order valence-corrected chi connectivity index (χ3v) is 5.66. The Morgan fingerprint density at radius 2 is 1.58 bits per heavy atom. The molecule has 1 fully saturated rings. The molecule has 2 aromatic carbocycles. The molecular weight excluding hydrogens is 338 g/mol. The van der Waals surface area contributed by atoms with Crippen LogP contribution in [0.25, 0.3) is 0 Å². The molecule has 3 rings (SSSR count). The first-order chi connectivity index (χ1) is 12.5. The van der Waals surface area contributed by atoms with E-state index < -0.39 is 0 Å². The second-order valence-electron chi connectivity index (χ2n) is 7.25. The van der Waals surface area contributed by atoms with Gasteiger partial charge in [0.25, 0.3) is 0 Å². The lowest BCUT2D eigenvalue weighted by Crippen LogP contribution is -2.50. The minimum Gasteiger partial charge on any atom is -0.346 e. The zero-order valence-electron chi connectivity index (χ0n) is 16.1. The standard InChI is InChI=1S/C22H29N3S/c1-17-15-19(3)21(16-18(17)2)23-22(26)25-13-11-24(12-14-25)10-9-20-7-5-4-6-8-20/h4-8,15-16H,9-14H2,1-3H3,(H,23,26). The lowest BCUT2D eigenvalue weighted by atomic mass is 10.1. The fourth-order valence-corrected chi connectivity index (χ4v) is 3.69. The van der Waals surface area contributed by atoms with Crippen molar-refractivity contribution in [2.75, 3.05) is 38.0 Å². The molecule has 1 N–H and O–H groups in total. The van der Waals surface area contributed by atoms with Gasteiger partial charge in [0.2, 0.25) is 0 Å². The maximum absolute atomic E-state index is 5.67. The number of benzene rings is 2. The molecule has 0 saturated carbocycles. The molecule has 138 valence electrons. The van der Waals surface area contributed by atoms with Crippen LogP contribution in [-0.2, 0) is 6.42 Å². The highest BCUT2D eigenvalue weighted by Gasteiger charge is 2.19. The molecule has 3 nitrogen and oxygen atoms in total. The van der Waals surface area contributed by atoms with E-state index in [-0.39, 0.29) is 0 Å². The van der Waals surface area contributed by atoms with E-state index in [0.29, 0.717) is 0 Å². The highest BCUT2D eigenvalue weighted by molar-refractivity contribution is 7.80. The van der Waals surface area contributed by atoms with Gasteiger partial charge in [0, 0.05) is 38.4 Å². The number of aryl methyl sites for hydroxylation is 3. The predicted octanol–water partition coefficient (Wildman–Crippen LogP) is 4.17. The Bertz CT molecular complexity index is 749. The van der Waals surface area contributed by atoms with Crippen LogP contribution in [0.5, 0.6) is 0 Å². The third-order valence-electron chi connectivity index (χ3n) is 5.30. The highest BCUT2D eigenvalue weighted by Crippen LogP contribution is 2.20. The lowest BCUT2D eigenvalue weighted by Gasteiger charge is -2.36. The Labute approximate surface area is 163 Å². The number of nitrogens with zero attached hydrogens (tertiary/aromatic N) is 2. The average Bonchev–Trinajstić information content (AvgIpc) is 2.65. The molecule has 0 amide bonds. The van der Waals surface area contributed by atoms with Crippen LogP contribution < -0.4 is 5.32 Å². The van der Waals surface area contributed by atoms with Crippen molar-refractivity contribution in [1.82, 2.24) is 9.80 Å². The Balaban J connectivity index is 1.48. The van der Waals surface area contributed by atoms with Gasteiger partial charge in [0.05, 0.1) is 0 Å². The van der Waals surface area contributed by atoms with Gasteiger partial charge in [-0.2, -0.15) is 0 Å². The summed E-state index contributed by atoms with van der Waals surface area (Å²) in [5.74, 6) is 0. The molecule has 4 heteroatoms. The Hall–Kier alpha value is -1.91. The van der Waals surface area contributed by atoms with Crippen molar-refractivity contribution < 1.29 is 0 Å². The van der Waals surface area contributed by atoms with Crippen molar-refractivity contribution in [1.29, 1.82) is 0 Å². The minimum atomic E-state index is 0.846. The van der Waals surface area contributed by atoms with Crippen molar-refractivity contribution in [2.24, 2.45) is 0 Å². The van der Waals surface area contributed by atoms with Gasteiger partial charge in [-0.05, 0) is 67.7 Å². The van der Waals surface area contributed by atoms with E-state index in [2.05, 4.69) is 78.4 Å². The first-order valence-electron chi connectivity index (χ1n) is 9.43. The van der Waals surface area contributed by atoms with Crippen LogP contribution in [0.2, 0.25) is 0 Å². The van der Waals surface area contributed by atoms with Crippen LogP contribution in [0.15, 0.2) is 42.5 Å². The molecule has 1 heterocycles. The normalized spacial score (nSPS) is 15.1.